The van der Waals surface area contributed by atoms with Gasteiger partial charge in [-0.25, -0.2) is 13.2 Å². The maximum atomic E-state index is 13.5. The van der Waals surface area contributed by atoms with E-state index in [2.05, 4.69) is 15.9 Å². The summed E-state index contributed by atoms with van der Waals surface area (Å²) in [5.41, 5.74) is 0.0869. The van der Waals surface area contributed by atoms with Crippen LogP contribution < -0.4 is 0 Å². The van der Waals surface area contributed by atoms with Crippen molar-refractivity contribution >= 4 is 33.2 Å². The minimum Gasteiger partial charge on any atom is -0.337 e. The van der Waals surface area contributed by atoms with E-state index in [1.807, 2.05) is 11.4 Å². The van der Waals surface area contributed by atoms with Crippen LogP contribution in [0.5, 0.6) is 0 Å². The van der Waals surface area contributed by atoms with Crippen molar-refractivity contribution in [2.45, 2.75) is 6.54 Å². The highest BCUT2D eigenvalue weighted by molar-refractivity contribution is 9.11. The topological polar surface area (TPSA) is 20.3 Å². The standard InChI is InChI=1S/C13H9BrF3NOS/c1-18(5-7-2-11(14)20-6-7)13(19)12-9(16)3-8(15)4-10(12)17/h2-4,6H,5H2,1H3. The molecule has 0 atom stereocenters. The summed E-state index contributed by atoms with van der Waals surface area (Å²) in [6.07, 6.45) is 0. The molecule has 2 aromatic rings. The summed E-state index contributed by atoms with van der Waals surface area (Å²) < 4.78 is 40.8. The number of rotatable bonds is 3. The molecule has 20 heavy (non-hydrogen) atoms. The fourth-order valence-corrected chi connectivity index (χ4v) is 2.91. The summed E-state index contributed by atoms with van der Waals surface area (Å²) in [5.74, 6) is -4.29. The van der Waals surface area contributed by atoms with Gasteiger partial charge in [0.1, 0.15) is 23.0 Å². The van der Waals surface area contributed by atoms with Gasteiger partial charge in [-0.3, -0.25) is 4.79 Å². The number of benzene rings is 1. The van der Waals surface area contributed by atoms with Crippen LogP contribution in [0.1, 0.15) is 15.9 Å². The summed E-state index contributed by atoms with van der Waals surface area (Å²) in [6.45, 7) is 0.206. The van der Waals surface area contributed by atoms with Gasteiger partial charge < -0.3 is 4.90 Å². The molecule has 1 heterocycles. The van der Waals surface area contributed by atoms with Gasteiger partial charge in [0.05, 0.1) is 3.79 Å². The normalized spacial score (nSPS) is 10.7. The van der Waals surface area contributed by atoms with Crippen molar-refractivity contribution in [2.75, 3.05) is 7.05 Å². The molecule has 0 radical (unpaired) electrons. The lowest BCUT2D eigenvalue weighted by Gasteiger charge is -2.17. The minimum atomic E-state index is -1.20. The second-order valence-electron chi connectivity index (χ2n) is 4.16. The van der Waals surface area contributed by atoms with Gasteiger partial charge in [-0.15, -0.1) is 11.3 Å². The third-order valence-electron chi connectivity index (χ3n) is 2.61. The van der Waals surface area contributed by atoms with Gasteiger partial charge in [-0.2, -0.15) is 0 Å². The van der Waals surface area contributed by atoms with Crippen LogP contribution in [-0.2, 0) is 6.54 Å². The number of carbonyl (C=O) groups excluding carboxylic acids is 1. The van der Waals surface area contributed by atoms with Crippen molar-refractivity contribution < 1.29 is 18.0 Å². The Kier molecular flexibility index (Phi) is 4.49. The van der Waals surface area contributed by atoms with Gasteiger partial charge in [0.25, 0.3) is 5.91 Å². The van der Waals surface area contributed by atoms with E-state index in [0.29, 0.717) is 12.1 Å². The minimum absolute atomic E-state index is 0.206. The monoisotopic (exact) mass is 363 g/mol. The number of nitrogens with zero attached hydrogens (tertiary/aromatic N) is 1. The summed E-state index contributed by atoms with van der Waals surface area (Å²) in [6, 6.07) is 2.79. The zero-order valence-corrected chi connectivity index (χ0v) is 12.7. The molecular weight excluding hydrogens is 355 g/mol. The number of hydrogen-bond acceptors (Lipinski definition) is 2. The Hall–Kier alpha value is -1.34. The maximum Gasteiger partial charge on any atom is 0.259 e. The molecule has 0 spiro atoms. The van der Waals surface area contributed by atoms with Crippen LogP contribution >= 0.6 is 27.3 Å². The first-order valence-electron chi connectivity index (χ1n) is 5.51. The van der Waals surface area contributed by atoms with Crippen molar-refractivity contribution in [2.24, 2.45) is 0 Å². The predicted octanol–water partition coefficient (Wildman–Crippen LogP) is 4.20. The summed E-state index contributed by atoms with van der Waals surface area (Å²) >= 11 is 4.73. The lowest BCUT2D eigenvalue weighted by Crippen LogP contribution is -2.28. The van der Waals surface area contributed by atoms with E-state index in [9.17, 15) is 18.0 Å². The van der Waals surface area contributed by atoms with Crippen molar-refractivity contribution in [3.63, 3.8) is 0 Å². The van der Waals surface area contributed by atoms with Crippen molar-refractivity contribution in [3.8, 4) is 0 Å². The highest BCUT2D eigenvalue weighted by atomic mass is 79.9. The summed E-state index contributed by atoms with van der Waals surface area (Å²) in [4.78, 5) is 13.2. The molecule has 106 valence electrons. The van der Waals surface area contributed by atoms with E-state index in [0.717, 1.165) is 9.35 Å². The predicted molar refractivity (Wildman–Crippen MR) is 74.1 cm³/mol. The number of hydrogen-bond donors (Lipinski definition) is 0. The van der Waals surface area contributed by atoms with Gasteiger partial charge in [-0.05, 0) is 32.9 Å². The summed E-state index contributed by atoms with van der Waals surface area (Å²) in [7, 11) is 1.43. The second kappa shape index (κ2) is 5.97. The van der Waals surface area contributed by atoms with Crippen LogP contribution in [0.15, 0.2) is 27.4 Å². The van der Waals surface area contributed by atoms with E-state index in [-0.39, 0.29) is 6.54 Å². The van der Waals surface area contributed by atoms with Crippen LogP contribution in [0, 0.1) is 17.5 Å². The second-order valence-corrected chi connectivity index (χ2v) is 6.46. The third kappa shape index (κ3) is 3.21. The van der Waals surface area contributed by atoms with Gasteiger partial charge in [-0.1, -0.05) is 0 Å². The molecule has 0 saturated heterocycles. The molecule has 0 aliphatic carbocycles. The number of carbonyl (C=O) groups is 1. The van der Waals surface area contributed by atoms with E-state index < -0.39 is 28.9 Å². The SMILES string of the molecule is CN(Cc1csc(Br)c1)C(=O)c1c(F)cc(F)cc1F. The van der Waals surface area contributed by atoms with Crippen LogP contribution in [-0.4, -0.2) is 17.9 Å². The molecule has 0 bridgehead atoms. The van der Waals surface area contributed by atoms with E-state index in [1.165, 1.54) is 23.3 Å². The Labute approximate surface area is 126 Å². The molecule has 1 amide bonds. The number of amides is 1. The number of halogens is 4. The van der Waals surface area contributed by atoms with Crippen molar-refractivity contribution in [1.29, 1.82) is 0 Å². The lowest BCUT2D eigenvalue weighted by atomic mass is 10.1. The molecule has 7 heteroatoms. The zero-order valence-electron chi connectivity index (χ0n) is 10.3. The largest absolute Gasteiger partial charge is 0.337 e. The van der Waals surface area contributed by atoms with Gasteiger partial charge >= 0.3 is 0 Å². The fourth-order valence-electron chi connectivity index (χ4n) is 1.71. The molecule has 2 nitrogen and oxygen atoms in total. The average molecular weight is 364 g/mol. The molecule has 1 aromatic carbocycles. The first kappa shape index (κ1) is 15.1. The molecule has 0 saturated carbocycles. The fraction of sp³-hybridized carbons (Fsp3) is 0.154. The van der Waals surface area contributed by atoms with Gasteiger partial charge in [0.2, 0.25) is 0 Å². The summed E-state index contributed by atoms with van der Waals surface area (Å²) in [5, 5.41) is 1.82. The number of thiophene rings is 1. The maximum absolute atomic E-state index is 13.5. The van der Waals surface area contributed by atoms with E-state index in [1.54, 1.807) is 0 Å². The Morgan fingerprint density at radius 3 is 2.35 bits per heavy atom. The van der Waals surface area contributed by atoms with Crippen molar-refractivity contribution in [1.82, 2.24) is 4.90 Å². The Morgan fingerprint density at radius 2 is 1.85 bits per heavy atom. The first-order chi connectivity index (χ1) is 9.38. The van der Waals surface area contributed by atoms with Gasteiger partial charge in [0.15, 0.2) is 0 Å². The van der Waals surface area contributed by atoms with Crippen LogP contribution in [0.2, 0.25) is 0 Å². The first-order valence-corrected chi connectivity index (χ1v) is 7.18. The Morgan fingerprint density at radius 1 is 1.25 bits per heavy atom. The highest BCUT2D eigenvalue weighted by Crippen LogP contribution is 2.23. The molecule has 2 rings (SSSR count). The Bertz CT molecular complexity index is 636. The average Bonchev–Trinajstić information content (AvgIpc) is 2.73. The quantitative estimate of drug-likeness (QED) is 0.800. The molecule has 0 fully saturated rings. The third-order valence-corrected chi connectivity index (χ3v) is 4.16. The van der Waals surface area contributed by atoms with Crippen LogP contribution in [0.25, 0.3) is 0 Å². The van der Waals surface area contributed by atoms with E-state index >= 15 is 0 Å². The molecule has 0 aliphatic rings. The molecule has 1 aromatic heterocycles. The van der Waals surface area contributed by atoms with Crippen LogP contribution in [0.4, 0.5) is 13.2 Å². The van der Waals surface area contributed by atoms with Crippen LogP contribution in [0.3, 0.4) is 0 Å². The highest BCUT2D eigenvalue weighted by Gasteiger charge is 2.22. The molecule has 0 N–H and O–H groups in total. The molecule has 0 unspecified atom stereocenters. The zero-order chi connectivity index (χ0) is 14.9. The van der Waals surface area contributed by atoms with Gasteiger partial charge in [0, 0.05) is 25.7 Å². The van der Waals surface area contributed by atoms with E-state index in [4.69, 9.17) is 0 Å². The van der Waals surface area contributed by atoms with Crippen molar-refractivity contribution in [3.05, 3.63) is 55.9 Å². The molecule has 0 aliphatic heterocycles. The lowest BCUT2D eigenvalue weighted by molar-refractivity contribution is 0.0775. The smallest absolute Gasteiger partial charge is 0.259 e. The Balaban J connectivity index is 2.23. The molecular formula is C13H9BrF3NOS.